The molecule has 0 aliphatic heterocycles. The van der Waals surface area contributed by atoms with Crippen molar-refractivity contribution in [1.29, 1.82) is 0 Å². The van der Waals surface area contributed by atoms with Gasteiger partial charge in [0.15, 0.2) is 0 Å². The normalized spacial score (nSPS) is 10.2. The molecule has 0 heterocycles. The Labute approximate surface area is 117 Å². The molecule has 0 aliphatic rings. The van der Waals surface area contributed by atoms with Crippen LogP contribution in [-0.4, -0.2) is 14.1 Å². The third-order valence-electron chi connectivity index (χ3n) is 2.37. The van der Waals surface area contributed by atoms with E-state index >= 15 is 0 Å². The Morgan fingerprint density at radius 3 is 2.06 bits per heavy atom. The van der Waals surface area contributed by atoms with Gasteiger partial charge >= 0.3 is 18.9 Å². The van der Waals surface area contributed by atoms with E-state index in [2.05, 4.69) is 73.6 Å². The maximum atomic E-state index is 2.18. The first kappa shape index (κ1) is 14.3. The number of rotatable bonds is 3. The van der Waals surface area contributed by atoms with Crippen molar-refractivity contribution in [3.8, 4) is 0 Å². The fourth-order valence-corrected chi connectivity index (χ4v) is 2.73. The van der Waals surface area contributed by atoms with Crippen molar-refractivity contribution < 1.29 is 18.9 Å². The van der Waals surface area contributed by atoms with E-state index in [-0.39, 0.29) is 18.9 Å². The van der Waals surface area contributed by atoms with Gasteiger partial charge in [0.1, 0.15) is 0 Å². The molecule has 0 fully saturated rings. The van der Waals surface area contributed by atoms with Gasteiger partial charge in [0.2, 0.25) is 0 Å². The van der Waals surface area contributed by atoms with E-state index in [1.165, 1.54) is 24.9 Å². The summed E-state index contributed by atoms with van der Waals surface area (Å²) >= 11 is 0. The first-order valence-corrected chi connectivity index (χ1v) is 6.20. The van der Waals surface area contributed by atoms with Crippen LogP contribution in [0.2, 0.25) is 0 Å². The minimum atomic E-state index is 0. The Kier molecular flexibility index (Phi) is 5.79. The van der Waals surface area contributed by atoms with E-state index in [0.717, 1.165) is 0 Å². The van der Waals surface area contributed by atoms with Gasteiger partial charge in [-0.2, -0.15) is 10.6 Å². The van der Waals surface area contributed by atoms with Gasteiger partial charge in [-0.1, -0.05) is 48.5 Å². The summed E-state index contributed by atoms with van der Waals surface area (Å²) in [5.41, 5.74) is 1.29. The summed E-state index contributed by atoms with van der Waals surface area (Å²) in [7, 11) is 5.43. The van der Waals surface area contributed by atoms with Crippen LogP contribution in [0.25, 0.3) is 0 Å². The zero-order valence-electron chi connectivity index (χ0n) is 10.6. The van der Waals surface area contributed by atoms with Gasteiger partial charge < -0.3 is 13.5 Å². The van der Waals surface area contributed by atoms with Gasteiger partial charge in [-0.25, -0.2) is 0 Å². The first-order valence-electron chi connectivity index (χ1n) is 5.30. The number of hydrogen-bond donors (Lipinski definition) is 0. The smallest absolute Gasteiger partial charge is 0.470 e. The molecule has 0 saturated carbocycles. The van der Waals surface area contributed by atoms with Crippen LogP contribution in [0.5, 0.6) is 0 Å². The van der Waals surface area contributed by atoms with Crippen LogP contribution in [-0.2, 0) is 0 Å². The van der Waals surface area contributed by atoms with Crippen molar-refractivity contribution in [3.05, 3.63) is 54.6 Å². The third kappa shape index (κ3) is 3.89. The summed E-state index contributed by atoms with van der Waals surface area (Å²) in [6.45, 7) is 0. The van der Waals surface area contributed by atoms with Crippen molar-refractivity contribution in [2.24, 2.45) is 0 Å². The molecule has 0 bridgehead atoms. The van der Waals surface area contributed by atoms with E-state index in [0.29, 0.717) is 0 Å². The maximum absolute atomic E-state index is 2.18. The minimum Gasteiger partial charge on any atom is -0.470 e. The van der Waals surface area contributed by atoms with Gasteiger partial charge in [0, 0.05) is 19.8 Å². The van der Waals surface area contributed by atoms with Gasteiger partial charge in [0.05, 0.1) is 0 Å². The van der Waals surface area contributed by atoms with Crippen LogP contribution in [0.1, 0.15) is 0 Å². The number of anilines is 1. The second kappa shape index (κ2) is 6.87. The molecule has 2 aromatic carbocycles. The van der Waals surface area contributed by atoms with E-state index in [4.69, 9.17) is 0 Å². The molecule has 0 spiro atoms. The standard InChI is InChI=1S/C14H15NP.Li/c1-15(2)13-10-6-7-11-14(13)16-12-8-4-3-5-9-12;/h3-11H,1-2H3;/q-1;+1. The Morgan fingerprint density at radius 1 is 0.824 bits per heavy atom. The van der Waals surface area contributed by atoms with Gasteiger partial charge in [-0.15, -0.1) is 0 Å². The average molecular weight is 235 g/mol. The molecular formula is C14H15LiNP. The molecular weight excluding hydrogens is 220 g/mol. The van der Waals surface area contributed by atoms with Gasteiger partial charge in [-0.05, 0) is 6.07 Å². The fraction of sp³-hybridized carbons (Fsp3) is 0.143. The van der Waals surface area contributed by atoms with Crippen LogP contribution >= 0.6 is 8.58 Å². The number of benzene rings is 2. The quantitative estimate of drug-likeness (QED) is 0.519. The van der Waals surface area contributed by atoms with Crippen molar-refractivity contribution in [2.45, 2.75) is 0 Å². The summed E-state index contributed by atoms with van der Waals surface area (Å²) in [6.07, 6.45) is 0. The molecule has 0 saturated heterocycles. The Morgan fingerprint density at radius 2 is 1.41 bits per heavy atom. The summed E-state index contributed by atoms with van der Waals surface area (Å²) in [4.78, 5) is 2.16. The van der Waals surface area contributed by atoms with Crippen molar-refractivity contribution in [1.82, 2.24) is 0 Å². The summed E-state index contributed by atoms with van der Waals surface area (Å²) < 4.78 is 0. The SMILES string of the molecule is CN(C)c1ccccc1[P-]c1ccccc1.[Li+]. The molecule has 0 aliphatic carbocycles. The molecule has 82 valence electrons. The zero-order valence-corrected chi connectivity index (χ0v) is 11.5. The Bertz CT molecular complexity index is 457. The largest absolute Gasteiger partial charge is 1.00 e. The van der Waals surface area contributed by atoms with Crippen molar-refractivity contribution >= 4 is 24.9 Å². The predicted octanol–water partition coefficient (Wildman–Crippen LogP) is -0.346. The van der Waals surface area contributed by atoms with Crippen LogP contribution in [0.3, 0.4) is 0 Å². The molecule has 0 aromatic heterocycles. The topological polar surface area (TPSA) is 3.24 Å². The number of hydrogen-bond acceptors (Lipinski definition) is 1. The van der Waals surface area contributed by atoms with E-state index in [9.17, 15) is 0 Å². The molecule has 1 nitrogen and oxygen atoms in total. The third-order valence-corrected chi connectivity index (χ3v) is 3.54. The Hall–Kier alpha value is -0.733. The molecule has 17 heavy (non-hydrogen) atoms. The second-order valence-electron chi connectivity index (χ2n) is 3.83. The molecule has 2 aromatic rings. The van der Waals surface area contributed by atoms with Crippen molar-refractivity contribution in [3.63, 3.8) is 0 Å². The average Bonchev–Trinajstić information content (AvgIpc) is 2.31. The zero-order chi connectivity index (χ0) is 11.4. The van der Waals surface area contributed by atoms with E-state index in [1.807, 2.05) is 0 Å². The monoisotopic (exact) mass is 235 g/mol. The van der Waals surface area contributed by atoms with Crippen LogP contribution < -0.4 is 34.4 Å². The molecule has 3 heteroatoms. The predicted molar refractivity (Wildman–Crippen MR) is 73.4 cm³/mol. The molecule has 0 unspecified atom stereocenters. The van der Waals surface area contributed by atoms with Crippen LogP contribution in [0.15, 0.2) is 54.6 Å². The summed E-state index contributed by atoms with van der Waals surface area (Å²) in [6, 6.07) is 19.1. The summed E-state index contributed by atoms with van der Waals surface area (Å²) in [5.74, 6) is 0. The van der Waals surface area contributed by atoms with E-state index < -0.39 is 0 Å². The van der Waals surface area contributed by atoms with E-state index in [1.54, 1.807) is 0 Å². The minimum absolute atomic E-state index is 0. The van der Waals surface area contributed by atoms with Crippen molar-refractivity contribution in [2.75, 3.05) is 19.0 Å². The molecule has 0 atom stereocenters. The number of nitrogens with zero attached hydrogens (tertiary/aromatic N) is 1. The van der Waals surface area contributed by atoms with Crippen LogP contribution in [0.4, 0.5) is 5.69 Å². The van der Waals surface area contributed by atoms with Crippen LogP contribution in [0, 0.1) is 0 Å². The first-order chi connectivity index (χ1) is 7.77. The molecule has 0 radical (unpaired) electrons. The van der Waals surface area contributed by atoms with Gasteiger partial charge in [-0.3, -0.25) is 0 Å². The molecule has 2 rings (SSSR count). The maximum Gasteiger partial charge on any atom is 1.00 e. The Balaban J connectivity index is 0.00000144. The number of para-hydroxylation sites is 1. The summed E-state index contributed by atoms with van der Waals surface area (Å²) in [5, 5.41) is 2.68. The molecule has 0 N–H and O–H groups in total. The van der Waals surface area contributed by atoms with Gasteiger partial charge in [0.25, 0.3) is 0 Å². The second-order valence-corrected chi connectivity index (χ2v) is 5.05. The molecule has 0 amide bonds. The fourth-order valence-electron chi connectivity index (χ4n) is 1.58.